The Morgan fingerprint density at radius 1 is 1.41 bits per heavy atom. The van der Waals surface area contributed by atoms with E-state index in [1.54, 1.807) is 7.05 Å². The largest absolute Gasteiger partial charge is 0.355 e. The van der Waals surface area contributed by atoms with E-state index in [1.165, 1.54) is 0 Å². The van der Waals surface area contributed by atoms with Crippen LogP contribution < -0.4 is 10.6 Å². The second kappa shape index (κ2) is 7.69. The average Bonchev–Trinajstić information content (AvgIpc) is 2.25. The topological polar surface area (TPSA) is 53.5 Å². The number of aliphatic imine (C=N–C) groups is 1. The summed E-state index contributed by atoms with van der Waals surface area (Å²) in [6.07, 6.45) is 1.05. The zero-order valence-corrected chi connectivity index (χ0v) is 12.8. The van der Waals surface area contributed by atoms with Crippen LogP contribution in [0.5, 0.6) is 0 Å². The van der Waals surface area contributed by atoms with E-state index < -0.39 is 10.8 Å². The maximum atomic E-state index is 11.8. The molecule has 0 aliphatic rings. The Hall–Kier alpha value is -0.580. The first kappa shape index (κ1) is 16.4. The average molecular weight is 261 g/mol. The van der Waals surface area contributed by atoms with Gasteiger partial charge in [0.25, 0.3) is 0 Å². The Kier molecular flexibility index (Phi) is 7.43. The van der Waals surface area contributed by atoms with E-state index in [9.17, 15) is 4.21 Å². The first-order valence-corrected chi connectivity index (χ1v) is 7.48. The van der Waals surface area contributed by atoms with Crippen molar-refractivity contribution in [2.75, 3.05) is 19.3 Å². The van der Waals surface area contributed by atoms with Gasteiger partial charge in [-0.15, -0.1) is 0 Å². The van der Waals surface area contributed by atoms with Gasteiger partial charge in [-0.1, -0.05) is 6.92 Å². The Morgan fingerprint density at radius 3 is 2.41 bits per heavy atom. The summed E-state index contributed by atoms with van der Waals surface area (Å²) in [6.45, 7) is 10.9. The molecule has 2 unspecified atom stereocenters. The number of hydrogen-bond donors (Lipinski definition) is 2. The highest BCUT2D eigenvalue weighted by molar-refractivity contribution is 7.86. The summed E-state index contributed by atoms with van der Waals surface area (Å²) < 4.78 is 11.7. The number of nitrogens with zero attached hydrogens (tertiary/aromatic N) is 1. The van der Waals surface area contributed by atoms with Crippen LogP contribution >= 0.6 is 0 Å². The summed E-state index contributed by atoms with van der Waals surface area (Å²) in [5.41, 5.74) is 0. The van der Waals surface area contributed by atoms with Crippen LogP contribution in [0.1, 0.15) is 41.0 Å². The fourth-order valence-corrected chi connectivity index (χ4v) is 2.00. The summed E-state index contributed by atoms with van der Waals surface area (Å²) in [6, 6.07) is 0.398. The normalized spacial score (nSPS) is 16.5. The lowest BCUT2D eigenvalue weighted by Crippen LogP contribution is -2.43. The van der Waals surface area contributed by atoms with Crippen molar-refractivity contribution in [1.29, 1.82) is 0 Å². The van der Waals surface area contributed by atoms with Gasteiger partial charge >= 0.3 is 0 Å². The molecule has 0 fully saturated rings. The third-order valence-electron chi connectivity index (χ3n) is 2.48. The predicted molar refractivity (Wildman–Crippen MR) is 77.0 cm³/mol. The maximum absolute atomic E-state index is 11.8. The van der Waals surface area contributed by atoms with Gasteiger partial charge in [-0.05, 0) is 34.1 Å². The summed E-state index contributed by atoms with van der Waals surface area (Å²) in [5, 5.41) is 6.45. The van der Waals surface area contributed by atoms with Gasteiger partial charge < -0.3 is 10.6 Å². The maximum Gasteiger partial charge on any atom is 0.191 e. The highest BCUT2D eigenvalue weighted by atomic mass is 32.2. The number of nitrogens with one attached hydrogen (secondary N) is 2. The van der Waals surface area contributed by atoms with Crippen LogP contribution in [0, 0.1) is 0 Å². The molecule has 0 radical (unpaired) electrons. The smallest absolute Gasteiger partial charge is 0.191 e. The molecular formula is C12H27N3OS. The first-order valence-electron chi connectivity index (χ1n) is 6.17. The lowest BCUT2D eigenvalue weighted by molar-refractivity contribution is 0.624. The third-order valence-corrected chi connectivity index (χ3v) is 4.42. The third kappa shape index (κ3) is 7.36. The molecule has 2 atom stereocenters. The van der Waals surface area contributed by atoms with Gasteiger partial charge in [-0.25, -0.2) is 0 Å². The van der Waals surface area contributed by atoms with E-state index in [-0.39, 0.29) is 4.75 Å². The predicted octanol–water partition coefficient (Wildman–Crippen LogP) is 1.50. The van der Waals surface area contributed by atoms with Gasteiger partial charge in [0.1, 0.15) is 0 Å². The highest BCUT2D eigenvalue weighted by Gasteiger charge is 2.18. The molecular weight excluding hydrogens is 234 g/mol. The van der Waals surface area contributed by atoms with Gasteiger partial charge in [0.15, 0.2) is 5.96 Å². The molecule has 0 rings (SSSR count). The van der Waals surface area contributed by atoms with Crippen molar-refractivity contribution in [3.8, 4) is 0 Å². The molecule has 0 spiro atoms. The van der Waals surface area contributed by atoms with E-state index in [1.807, 2.05) is 20.8 Å². The Bertz CT molecular complexity index is 271. The van der Waals surface area contributed by atoms with Crippen molar-refractivity contribution in [3.63, 3.8) is 0 Å². The Morgan fingerprint density at radius 2 is 2.00 bits per heavy atom. The molecule has 0 heterocycles. The van der Waals surface area contributed by atoms with Crippen LogP contribution in [0.25, 0.3) is 0 Å². The quantitative estimate of drug-likeness (QED) is 0.582. The second-order valence-electron chi connectivity index (χ2n) is 5.11. The van der Waals surface area contributed by atoms with Crippen LogP contribution in [0.3, 0.4) is 0 Å². The van der Waals surface area contributed by atoms with Crippen molar-refractivity contribution in [1.82, 2.24) is 10.6 Å². The van der Waals surface area contributed by atoms with Gasteiger partial charge in [-0.2, -0.15) is 0 Å². The van der Waals surface area contributed by atoms with Gasteiger partial charge in [0, 0.05) is 40.9 Å². The van der Waals surface area contributed by atoms with Crippen molar-refractivity contribution >= 4 is 16.8 Å². The Balaban J connectivity index is 3.98. The van der Waals surface area contributed by atoms with Crippen LogP contribution in [-0.4, -0.2) is 40.3 Å². The molecule has 5 heteroatoms. The lowest BCUT2D eigenvalue weighted by atomic mass is 10.3. The minimum atomic E-state index is -0.815. The highest BCUT2D eigenvalue weighted by Crippen LogP contribution is 2.10. The minimum Gasteiger partial charge on any atom is -0.355 e. The zero-order chi connectivity index (χ0) is 13.5. The summed E-state index contributed by atoms with van der Waals surface area (Å²) in [4.78, 5) is 4.13. The van der Waals surface area contributed by atoms with E-state index in [0.29, 0.717) is 18.3 Å². The summed E-state index contributed by atoms with van der Waals surface area (Å²) in [5.74, 6) is 1.43. The first-order chi connectivity index (χ1) is 7.81. The summed E-state index contributed by atoms with van der Waals surface area (Å²) >= 11 is 0. The minimum absolute atomic E-state index is 0.144. The molecule has 0 saturated carbocycles. The van der Waals surface area contributed by atoms with E-state index in [2.05, 4.69) is 29.5 Å². The molecule has 0 aliphatic heterocycles. The van der Waals surface area contributed by atoms with Crippen molar-refractivity contribution < 1.29 is 4.21 Å². The molecule has 2 N–H and O–H groups in total. The van der Waals surface area contributed by atoms with Crippen LogP contribution in [0.15, 0.2) is 4.99 Å². The Labute approximate surface area is 108 Å². The van der Waals surface area contributed by atoms with Crippen LogP contribution in [-0.2, 0) is 10.8 Å². The molecule has 0 amide bonds. The summed E-state index contributed by atoms with van der Waals surface area (Å²) in [7, 11) is 0.933. The molecule has 4 nitrogen and oxygen atoms in total. The van der Waals surface area contributed by atoms with E-state index in [4.69, 9.17) is 0 Å². The molecule has 0 aromatic rings. The molecule has 17 heavy (non-hydrogen) atoms. The van der Waals surface area contributed by atoms with Crippen LogP contribution in [0.2, 0.25) is 0 Å². The van der Waals surface area contributed by atoms with E-state index >= 15 is 0 Å². The molecule has 0 aliphatic carbocycles. The number of hydrogen-bond acceptors (Lipinski definition) is 2. The molecule has 0 aromatic carbocycles. The second-order valence-corrected chi connectivity index (χ2v) is 7.44. The van der Waals surface area contributed by atoms with Crippen molar-refractivity contribution in [2.45, 2.75) is 51.8 Å². The van der Waals surface area contributed by atoms with Gasteiger partial charge in [-0.3, -0.25) is 9.20 Å². The standard InChI is InChI=1S/C12H27N3OS/c1-7-10(2)15-11(13-6)14-8-9-17(16)12(3,4)5/h10H,7-9H2,1-6H3,(H2,13,14,15). The molecule has 0 saturated heterocycles. The number of rotatable bonds is 5. The molecule has 102 valence electrons. The monoisotopic (exact) mass is 261 g/mol. The van der Waals surface area contributed by atoms with Crippen molar-refractivity contribution in [2.24, 2.45) is 4.99 Å². The van der Waals surface area contributed by atoms with Crippen LogP contribution in [0.4, 0.5) is 0 Å². The number of guanidine groups is 1. The van der Waals surface area contributed by atoms with Crippen molar-refractivity contribution in [3.05, 3.63) is 0 Å². The fourth-order valence-electron chi connectivity index (χ4n) is 1.10. The molecule has 0 aromatic heterocycles. The van der Waals surface area contributed by atoms with E-state index in [0.717, 1.165) is 12.4 Å². The zero-order valence-electron chi connectivity index (χ0n) is 12.0. The fraction of sp³-hybridized carbons (Fsp3) is 0.917. The lowest BCUT2D eigenvalue weighted by Gasteiger charge is -2.19. The van der Waals surface area contributed by atoms with Gasteiger partial charge in [0.2, 0.25) is 0 Å². The molecule has 0 bridgehead atoms. The van der Waals surface area contributed by atoms with Gasteiger partial charge in [0.05, 0.1) is 0 Å². The SMILES string of the molecule is CCC(C)NC(=NC)NCCS(=O)C(C)(C)C.